The van der Waals surface area contributed by atoms with Crippen LogP contribution in [-0.4, -0.2) is 29.9 Å². The van der Waals surface area contributed by atoms with E-state index in [0.29, 0.717) is 13.2 Å². The average Bonchev–Trinajstić information content (AvgIpc) is 2.96. The molecule has 1 aliphatic heterocycles. The van der Waals surface area contributed by atoms with E-state index in [9.17, 15) is 4.79 Å². The minimum Gasteiger partial charge on any atom is -0.444 e. The molecule has 21 heavy (non-hydrogen) atoms. The summed E-state index contributed by atoms with van der Waals surface area (Å²) in [6.45, 7) is 4.87. The van der Waals surface area contributed by atoms with Crippen molar-refractivity contribution in [3.05, 3.63) is 23.0 Å². The Kier molecular flexibility index (Phi) is 3.59. The van der Waals surface area contributed by atoms with Crippen LogP contribution >= 0.6 is 11.3 Å². The van der Waals surface area contributed by atoms with Crippen molar-refractivity contribution in [1.29, 1.82) is 0 Å². The van der Waals surface area contributed by atoms with Crippen LogP contribution in [-0.2, 0) is 16.6 Å². The Morgan fingerprint density at radius 3 is 3.00 bits per heavy atom. The van der Waals surface area contributed by atoms with Crippen molar-refractivity contribution < 1.29 is 14.4 Å². The Morgan fingerprint density at radius 1 is 1.52 bits per heavy atom. The Balaban J connectivity index is 2.16. The number of hydrogen-bond donors (Lipinski definition) is 0. The van der Waals surface area contributed by atoms with Crippen LogP contribution in [0.15, 0.2) is 23.4 Å². The van der Waals surface area contributed by atoms with Crippen LogP contribution in [0.25, 0.3) is 10.2 Å². The molecule has 0 unspecified atom stereocenters. The van der Waals surface area contributed by atoms with Gasteiger partial charge in [0.25, 0.3) is 0 Å². The monoisotopic (exact) mass is 307 g/mol. The van der Waals surface area contributed by atoms with E-state index < -0.39 is 0 Å². The molecule has 0 bridgehead atoms. The number of carbonyl (C=O) groups is 1. The second-order valence-corrected chi connectivity index (χ2v) is 5.89. The van der Waals surface area contributed by atoms with Gasteiger partial charge in [-0.05, 0) is 26.0 Å². The van der Waals surface area contributed by atoms with Crippen molar-refractivity contribution in [2.75, 3.05) is 18.1 Å². The van der Waals surface area contributed by atoms with Crippen LogP contribution in [0.3, 0.4) is 0 Å². The molecule has 1 aromatic heterocycles. The number of cyclic esters (lactones) is 1. The minimum atomic E-state index is -0.301. The third-order valence-electron chi connectivity index (χ3n) is 3.33. The average molecular weight is 307 g/mol. The highest BCUT2D eigenvalue weighted by atomic mass is 32.1. The zero-order valence-electron chi connectivity index (χ0n) is 12.2. The standard InChI is InChI=1S/C14H17N3O3S/c1-4-19-15-13-16(3)12-10(6-5-7-11(12)21-13)17-8-9(2)20-14(17)18/h5-7,9H,4,8H2,1-3H3/t9-/m0/s1. The predicted molar refractivity (Wildman–Crippen MR) is 81.3 cm³/mol. The van der Waals surface area contributed by atoms with E-state index in [2.05, 4.69) is 5.16 Å². The van der Waals surface area contributed by atoms with Gasteiger partial charge in [0, 0.05) is 7.05 Å². The number of nitrogens with zero attached hydrogens (tertiary/aromatic N) is 3. The molecule has 1 aliphatic rings. The molecule has 1 aromatic carbocycles. The number of anilines is 1. The smallest absolute Gasteiger partial charge is 0.414 e. The van der Waals surface area contributed by atoms with Crippen LogP contribution in [0.1, 0.15) is 13.8 Å². The zero-order valence-corrected chi connectivity index (χ0v) is 13.0. The molecule has 2 aromatic rings. The predicted octanol–water partition coefficient (Wildman–Crippen LogP) is 2.44. The van der Waals surface area contributed by atoms with Crippen LogP contribution in [0.4, 0.5) is 10.5 Å². The molecule has 0 saturated carbocycles. The summed E-state index contributed by atoms with van der Waals surface area (Å²) in [5.41, 5.74) is 1.81. The summed E-state index contributed by atoms with van der Waals surface area (Å²) >= 11 is 1.53. The van der Waals surface area contributed by atoms with Gasteiger partial charge in [-0.2, -0.15) is 0 Å². The lowest BCUT2D eigenvalue weighted by Crippen LogP contribution is -2.25. The molecule has 1 atom stereocenters. The van der Waals surface area contributed by atoms with Gasteiger partial charge in [0.05, 0.1) is 22.4 Å². The van der Waals surface area contributed by atoms with Crippen LogP contribution in [0.2, 0.25) is 0 Å². The van der Waals surface area contributed by atoms with E-state index in [-0.39, 0.29) is 12.2 Å². The van der Waals surface area contributed by atoms with Gasteiger partial charge in [0.1, 0.15) is 12.7 Å². The number of aryl methyl sites for hydroxylation is 1. The number of para-hydroxylation sites is 1. The molecule has 0 radical (unpaired) electrons. The number of amides is 1. The summed E-state index contributed by atoms with van der Waals surface area (Å²) in [4.78, 5) is 19.5. The third-order valence-corrected chi connectivity index (χ3v) is 4.41. The summed E-state index contributed by atoms with van der Waals surface area (Å²) in [5, 5.41) is 4.11. The van der Waals surface area contributed by atoms with E-state index in [1.165, 1.54) is 11.3 Å². The lowest BCUT2D eigenvalue weighted by Gasteiger charge is -2.14. The first-order valence-corrected chi connectivity index (χ1v) is 7.66. The molecule has 1 fully saturated rings. The van der Waals surface area contributed by atoms with Crippen LogP contribution < -0.4 is 9.70 Å². The number of benzene rings is 1. The Hall–Kier alpha value is -2.02. The van der Waals surface area contributed by atoms with Crippen LogP contribution in [0.5, 0.6) is 0 Å². The summed E-state index contributed by atoms with van der Waals surface area (Å²) in [5.74, 6) is 0. The SMILES string of the molecule is CCON=c1sc2cccc(N3C[C@H](C)OC3=O)c2n1C. The third kappa shape index (κ3) is 2.37. The second-order valence-electron chi connectivity index (χ2n) is 4.88. The summed E-state index contributed by atoms with van der Waals surface area (Å²) < 4.78 is 8.22. The molecule has 0 N–H and O–H groups in total. The van der Waals surface area contributed by atoms with Crippen molar-refractivity contribution in [1.82, 2.24) is 4.57 Å². The van der Waals surface area contributed by atoms with Gasteiger partial charge in [-0.15, -0.1) is 0 Å². The molecule has 2 heterocycles. The van der Waals surface area contributed by atoms with Crippen LogP contribution in [0, 0.1) is 0 Å². The molecule has 7 heteroatoms. The lowest BCUT2D eigenvalue weighted by molar-refractivity contribution is 0.146. The first-order chi connectivity index (χ1) is 10.1. The second kappa shape index (κ2) is 5.40. The Bertz CT molecular complexity index is 749. The first-order valence-electron chi connectivity index (χ1n) is 6.84. The van der Waals surface area contributed by atoms with E-state index in [1.807, 2.05) is 43.7 Å². The molecule has 3 rings (SSSR count). The fraction of sp³-hybridized carbons (Fsp3) is 0.429. The van der Waals surface area contributed by atoms with Gasteiger partial charge >= 0.3 is 6.09 Å². The van der Waals surface area contributed by atoms with Gasteiger partial charge < -0.3 is 14.1 Å². The molecular formula is C14H17N3O3S. The molecule has 112 valence electrons. The Morgan fingerprint density at radius 2 is 2.33 bits per heavy atom. The van der Waals surface area contributed by atoms with E-state index >= 15 is 0 Å². The molecule has 0 aliphatic carbocycles. The molecule has 1 amide bonds. The number of aromatic nitrogens is 1. The maximum atomic E-state index is 12.0. The summed E-state index contributed by atoms with van der Waals surface area (Å²) in [7, 11) is 1.92. The topological polar surface area (TPSA) is 56.1 Å². The number of fused-ring (bicyclic) bond motifs is 1. The fourth-order valence-electron chi connectivity index (χ4n) is 2.41. The van der Waals surface area contributed by atoms with Gasteiger partial charge in [-0.1, -0.05) is 22.6 Å². The van der Waals surface area contributed by atoms with Gasteiger partial charge in [-0.25, -0.2) is 4.79 Å². The fourth-order valence-corrected chi connectivity index (χ4v) is 3.41. The highest BCUT2D eigenvalue weighted by Crippen LogP contribution is 2.30. The van der Waals surface area contributed by atoms with Crippen molar-refractivity contribution in [2.24, 2.45) is 12.2 Å². The van der Waals surface area contributed by atoms with Gasteiger partial charge in [-0.3, -0.25) is 4.90 Å². The molecule has 0 spiro atoms. The minimum absolute atomic E-state index is 0.0933. The maximum absolute atomic E-state index is 12.0. The summed E-state index contributed by atoms with van der Waals surface area (Å²) in [6, 6.07) is 5.88. The molecule has 1 saturated heterocycles. The first kappa shape index (κ1) is 13.9. The lowest BCUT2D eigenvalue weighted by atomic mass is 10.2. The Labute approximate surface area is 126 Å². The normalized spacial score (nSPS) is 19.4. The van der Waals surface area contributed by atoms with Gasteiger partial charge in [0.15, 0.2) is 0 Å². The quantitative estimate of drug-likeness (QED) is 0.818. The van der Waals surface area contributed by atoms with E-state index in [4.69, 9.17) is 9.57 Å². The van der Waals surface area contributed by atoms with Crippen molar-refractivity contribution in [3.63, 3.8) is 0 Å². The van der Waals surface area contributed by atoms with Gasteiger partial charge in [0.2, 0.25) is 4.80 Å². The van der Waals surface area contributed by atoms with E-state index in [0.717, 1.165) is 20.7 Å². The highest BCUT2D eigenvalue weighted by molar-refractivity contribution is 7.16. The van der Waals surface area contributed by atoms with Crippen molar-refractivity contribution in [3.8, 4) is 0 Å². The van der Waals surface area contributed by atoms with Crippen molar-refractivity contribution >= 4 is 33.3 Å². The largest absolute Gasteiger partial charge is 0.444 e. The maximum Gasteiger partial charge on any atom is 0.414 e. The van der Waals surface area contributed by atoms with Crippen molar-refractivity contribution in [2.45, 2.75) is 20.0 Å². The van der Waals surface area contributed by atoms with E-state index in [1.54, 1.807) is 4.90 Å². The molecular weight excluding hydrogens is 290 g/mol. The number of hydrogen-bond acceptors (Lipinski definition) is 5. The molecule has 6 nitrogen and oxygen atoms in total. The zero-order chi connectivity index (χ0) is 15.0. The summed E-state index contributed by atoms with van der Waals surface area (Å²) in [6.07, 6.45) is -0.395. The number of rotatable bonds is 3. The number of thiazole rings is 1. The number of carbonyl (C=O) groups excluding carboxylic acids is 1. The highest BCUT2D eigenvalue weighted by Gasteiger charge is 2.31. The number of ether oxygens (including phenoxy) is 1.